The van der Waals surface area contributed by atoms with Gasteiger partial charge in [0.25, 0.3) is 0 Å². The SMILES string of the molecule is C=C(N)c1cc2c3c(c1)nc(NC(=C)c1cc(C)nn1CC)n3C/C=C/Cn1c(NC(=C)c3cc(C)nn3CC)nc3cc(C(=C)N/C(C)=C/NC)cc(c31)CCCCC2. The molecule has 60 heavy (non-hydrogen) atoms. The first-order valence-corrected chi connectivity index (χ1v) is 20.9. The lowest BCUT2D eigenvalue weighted by molar-refractivity contribution is 0.645. The Hall–Kier alpha value is -6.76. The summed E-state index contributed by atoms with van der Waals surface area (Å²) in [6.45, 7) is 30.2. The Morgan fingerprint density at radius 3 is 1.65 bits per heavy atom. The molecule has 1 aliphatic rings. The van der Waals surface area contributed by atoms with Gasteiger partial charge in [0.1, 0.15) is 0 Å². The van der Waals surface area contributed by atoms with Crippen molar-refractivity contribution in [3.63, 3.8) is 0 Å². The quantitative estimate of drug-likeness (QED) is 0.0724. The first kappa shape index (κ1) is 41.4. The molecule has 13 heteroatoms. The Kier molecular flexibility index (Phi) is 12.2. The van der Waals surface area contributed by atoms with Crippen molar-refractivity contribution in [2.45, 2.75) is 92.9 Å². The maximum absolute atomic E-state index is 6.32. The van der Waals surface area contributed by atoms with Crippen LogP contribution in [0.15, 0.2) is 86.8 Å². The van der Waals surface area contributed by atoms with Gasteiger partial charge in [-0.15, -0.1) is 0 Å². The second kappa shape index (κ2) is 17.6. The average Bonchev–Trinajstić information content (AvgIpc) is 3.98. The van der Waals surface area contributed by atoms with Crippen molar-refractivity contribution < 1.29 is 0 Å². The molecule has 0 atom stereocenters. The van der Waals surface area contributed by atoms with Gasteiger partial charge in [0.2, 0.25) is 11.9 Å². The smallest absolute Gasteiger partial charge is 0.208 e. The molecule has 0 spiro atoms. The Morgan fingerprint density at radius 1 is 0.700 bits per heavy atom. The summed E-state index contributed by atoms with van der Waals surface area (Å²) in [5, 5.41) is 23.1. The first-order chi connectivity index (χ1) is 28.9. The molecule has 0 saturated heterocycles. The number of benzene rings is 2. The molecule has 7 rings (SSSR count). The minimum atomic E-state index is 0.522. The summed E-state index contributed by atoms with van der Waals surface area (Å²) >= 11 is 0. The lowest BCUT2D eigenvalue weighted by atomic mass is 9.98. The number of anilines is 2. The zero-order valence-corrected chi connectivity index (χ0v) is 36.0. The first-order valence-electron chi connectivity index (χ1n) is 20.9. The summed E-state index contributed by atoms with van der Waals surface area (Å²) in [5.74, 6) is 1.41. The number of aromatic nitrogens is 8. The lowest BCUT2D eigenvalue weighted by Crippen LogP contribution is -2.12. The maximum atomic E-state index is 6.32. The van der Waals surface area contributed by atoms with Crippen LogP contribution in [0.3, 0.4) is 0 Å². The number of imidazole rings is 2. The molecule has 0 bridgehead atoms. The molecule has 0 unspecified atom stereocenters. The van der Waals surface area contributed by atoms with Crippen LogP contribution in [0.4, 0.5) is 11.9 Å². The molecule has 0 aliphatic carbocycles. The average molecular weight is 806 g/mol. The van der Waals surface area contributed by atoms with Crippen LogP contribution in [-0.2, 0) is 39.0 Å². The Bertz CT molecular complexity index is 2690. The zero-order valence-electron chi connectivity index (χ0n) is 36.0. The molecule has 6 N–H and O–H groups in total. The fraction of sp³-hybridized carbons (Fsp3) is 0.319. The van der Waals surface area contributed by atoms with Crippen molar-refractivity contribution in [2.75, 3.05) is 17.7 Å². The van der Waals surface area contributed by atoms with Gasteiger partial charge in [0, 0.05) is 56.5 Å². The third-order valence-corrected chi connectivity index (χ3v) is 11.0. The van der Waals surface area contributed by atoms with Gasteiger partial charge < -0.3 is 36.1 Å². The highest BCUT2D eigenvalue weighted by atomic mass is 15.3. The van der Waals surface area contributed by atoms with E-state index in [9.17, 15) is 0 Å². The van der Waals surface area contributed by atoms with E-state index in [1.165, 1.54) is 11.1 Å². The molecule has 2 aromatic carbocycles. The molecule has 13 nitrogen and oxygen atoms in total. The lowest BCUT2D eigenvalue weighted by Gasteiger charge is -2.15. The van der Waals surface area contributed by atoms with Crippen LogP contribution in [0, 0.1) is 13.8 Å². The van der Waals surface area contributed by atoms with E-state index in [2.05, 4.69) is 117 Å². The summed E-state index contributed by atoms with van der Waals surface area (Å²) in [6.07, 6.45) is 11.1. The summed E-state index contributed by atoms with van der Waals surface area (Å²) in [5.41, 5.74) is 22.0. The van der Waals surface area contributed by atoms with Gasteiger partial charge in [-0.1, -0.05) is 44.9 Å². The third-order valence-electron chi connectivity index (χ3n) is 11.0. The fourth-order valence-corrected chi connectivity index (χ4v) is 8.18. The van der Waals surface area contributed by atoms with Gasteiger partial charge in [-0.2, -0.15) is 10.2 Å². The molecular weight excluding hydrogens is 747 g/mol. The van der Waals surface area contributed by atoms with Gasteiger partial charge in [0.15, 0.2) is 0 Å². The van der Waals surface area contributed by atoms with E-state index in [1.54, 1.807) is 0 Å². The summed E-state index contributed by atoms with van der Waals surface area (Å²) in [4.78, 5) is 10.4. The molecule has 5 heterocycles. The van der Waals surface area contributed by atoms with Gasteiger partial charge in [-0.25, -0.2) is 9.97 Å². The minimum absolute atomic E-state index is 0.522. The summed E-state index contributed by atoms with van der Waals surface area (Å²) in [7, 11) is 1.89. The third kappa shape index (κ3) is 8.52. The van der Waals surface area contributed by atoms with E-state index in [0.29, 0.717) is 30.7 Å². The molecule has 312 valence electrons. The van der Waals surface area contributed by atoms with Crippen molar-refractivity contribution in [2.24, 2.45) is 5.73 Å². The van der Waals surface area contributed by atoms with E-state index in [-0.39, 0.29) is 0 Å². The highest BCUT2D eigenvalue weighted by Crippen LogP contribution is 2.33. The Labute approximate surface area is 353 Å². The maximum Gasteiger partial charge on any atom is 0.208 e. The second-order valence-corrected chi connectivity index (χ2v) is 15.6. The number of nitrogens with two attached hydrogens (primary N) is 1. The summed E-state index contributed by atoms with van der Waals surface area (Å²) in [6, 6.07) is 12.7. The van der Waals surface area contributed by atoms with Crippen LogP contribution in [0.1, 0.15) is 85.1 Å². The van der Waals surface area contributed by atoms with E-state index in [1.807, 2.05) is 55.5 Å². The van der Waals surface area contributed by atoms with Crippen LogP contribution in [0.2, 0.25) is 0 Å². The van der Waals surface area contributed by atoms with E-state index in [0.717, 1.165) is 124 Å². The van der Waals surface area contributed by atoms with Crippen molar-refractivity contribution in [1.29, 1.82) is 0 Å². The fourth-order valence-electron chi connectivity index (χ4n) is 8.18. The highest BCUT2D eigenvalue weighted by Gasteiger charge is 2.21. The van der Waals surface area contributed by atoms with Crippen LogP contribution >= 0.6 is 0 Å². The van der Waals surface area contributed by atoms with Crippen molar-refractivity contribution in [1.82, 2.24) is 49.3 Å². The molecule has 0 saturated carbocycles. The Morgan fingerprint density at radius 2 is 1.18 bits per heavy atom. The van der Waals surface area contributed by atoms with Crippen LogP contribution in [-0.4, -0.2) is 45.7 Å². The van der Waals surface area contributed by atoms with Crippen LogP contribution < -0.4 is 27.0 Å². The van der Waals surface area contributed by atoms with E-state index < -0.39 is 0 Å². The number of hydrogen-bond donors (Lipinski definition) is 5. The molecule has 0 fully saturated rings. The van der Waals surface area contributed by atoms with Crippen LogP contribution in [0.5, 0.6) is 0 Å². The predicted molar refractivity (Wildman–Crippen MR) is 249 cm³/mol. The van der Waals surface area contributed by atoms with Gasteiger partial charge in [-0.3, -0.25) is 9.36 Å². The topological polar surface area (TPSA) is 145 Å². The number of hydrogen-bond acceptors (Lipinski definition) is 9. The van der Waals surface area contributed by atoms with Crippen molar-refractivity contribution in [3.05, 3.63) is 132 Å². The van der Waals surface area contributed by atoms with Crippen LogP contribution in [0.25, 0.3) is 44.9 Å². The van der Waals surface area contributed by atoms with Gasteiger partial charge >= 0.3 is 0 Å². The molecule has 1 aliphatic heterocycles. The zero-order chi connectivity index (χ0) is 42.7. The molecule has 4 aromatic heterocycles. The second-order valence-electron chi connectivity index (χ2n) is 15.6. The largest absolute Gasteiger partial charge is 0.399 e. The molecule has 6 aromatic rings. The predicted octanol–water partition coefficient (Wildman–Crippen LogP) is 8.70. The normalized spacial score (nSPS) is 14.1. The van der Waals surface area contributed by atoms with Crippen molar-refractivity contribution in [3.8, 4) is 0 Å². The summed E-state index contributed by atoms with van der Waals surface area (Å²) < 4.78 is 8.44. The number of allylic oxidation sites excluding steroid dienone is 3. The molecular formula is C47H59N13. The standard InChI is InChI=1S/C47H59N13/c1-11-59-42(22-29(3)55-59)34(8)51-46-53-40-26-38(32(6)48)24-36-18-14-13-15-19-37-25-39(33(7)50-31(5)28-49-10)27-41-45(37)58(21-17-16-20-57(46)44(36)40)47(54-41)52-35(9)43-23-30(4)56-60(43)12-2/h16-17,22-28,49-50H,6-9,11-15,18-21,48H2,1-5,10H3,(H,51,53)(H,52,54)/b17-16+,31-28+. The number of nitrogens with one attached hydrogen (secondary N) is 4. The van der Waals surface area contributed by atoms with E-state index >= 15 is 0 Å². The number of nitrogens with zero attached hydrogens (tertiary/aromatic N) is 8. The van der Waals surface area contributed by atoms with E-state index in [4.69, 9.17) is 15.7 Å². The molecule has 0 amide bonds. The Balaban J connectivity index is 1.32. The van der Waals surface area contributed by atoms with Gasteiger partial charge in [0.05, 0.1) is 56.2 Å². The highest BCUT2D eigenvalue weighted by molar-refractivity contribution is 5.89. The molecule has 0 radical (unpaired) electrons. The minimum Gasteiger partial charge on any atom is -0.399 e. The number of rotatable bonds is 13. The van der Waals surface area contributed by atoms with Crippen molar-refractivity contribution >= 4 is 56.8 Å². The van der Waals surface area contributed by atoms with Gasteiger partial charge in [-0.05, 0) is 119 Å². The number of aryl methyl sites for hydroxylation is 6. The monoisotopic (exact) mass is 806 g/mol.